The van der Waals surface area contributed by atoms with Crippen molar-refractivity contribution in [2.75, 3.05) is 17.2 Å². The van der Waals surface area contributed by atoms with Crippen LogP contribution in [0.3, 0.4) is 0 Å². The Morgan fingerprint density at radius 2 is 1.71 bits per heavy atom. The highest BCUT2D eigenvalue weighted by atomic mass is 35.5. The molecule has 0 aliphatic heterocycles. The Hall–Kier alpha value is -2.79. The van der Waals surface area contributed by atoms with Crippen LogP contribution in [-0.4, -0.2) is 22.6 Å². The van der Waals surface area contributed by atoms with Crippen LogP contribution in [0.1, 0.15) is 25.1 Å². The van der Waals surface area contributed by atoms with Gasteiger partial charge in [0.25, 0.3) is 0 Å². The summed E-state index contributed by atoms with van der Waals surface area (Å²) in [5, 5.41) is 7.36. The molecule has 0 unspecified atom stereocenters. The molecule has 0 amide bonds. The highest BCUT2D eigenvalue weighted by molar-refractivity contribution is 6.30. The van der Waals surface area contributed by atoms with Gasteiger partial charge in [-0.05, 0) is 69.2 Å². The van der Waals surface area contributed by atoms with Crippen LogP contribution >= 0.6 is 11.6 Å². The fourth-order valence-corrected chi connectivity index (χ4v) is 2.84. The summed E-state index contributed by atoms with van der Waals surface area (Å²) in [5.41, 5.74) is 3.05. The maximum atomic E-state index is 5.92. The van der Waals surface area contributed by atoms with Gasteiger partial charge in [-0.25, -0.2) is 4.98 Å². The van der Waals surface area contributed by atoms with Crippen LogP contribution in [-0.2, 0) is 6.42 Å². The molecule has 3 aromatic rings. The van der Waals surface area contributed by atoms with Crippen molar-refractivity contribution in [1.82, 2.24) is 9.97 Å². The number of aryl methyl sites for hydroxylation is 1. The molecule has 0 aliphatic carbocycles. The molecule has 3 rings (SSSR count). The second kappa shape index (κ2) is 9.42. The number of nitrogens with one attached hydrogen (secondary N) is 2. The number of benzene rings is 2. The summed E-state index contributed by atoms with van der Waals surface area (Å²) in [5.74, 6) is 2.21. The standard InChI is InChI=1S/C22H25ClN4O/c1-15(2)28-20-10-8-19(9-11-20)26-21-14-16(3)25-22(27-21)24-13-12-17-4-6-18(23)7-5-17/h4-11,14-15H,12-13H2,1-3H3,(H2,24,25,26,27). The van der Waals surface area contributed by atoms with Crippen molar-refractivity contribution in [3.63, 3.8) is 0 Å². The quantitative estimate of drug-likeness (QED) is 0.517. The number of ether oxygens (including phenoxy) is 1. The molecule has 0 saturated carbocycles. The minimum atomic E-state index is 0.157. The van der Waals surface area contributed by atoms with E-state index in [1.54, 1.807) is 0 Å². The smallest absolute Gasteiger partial charge is 0.224 e. The lowest BCUT2D eigenvalue weighted by Crippen LogP contribution is -2.09. The molecule has 2 aromatic carbocycles. The number of nitrogens with zero attached hydrogens (tertiary/aromatic N) is 2. The van der Waals surface area contributed by atoms with Crippen LogP contribution in [0, 0.1) is 6.92 Å². The molecule has 0 atom stereocenters. The second-order valence-electron chi connectivity index (χ2n) is 6.84. The largest absolute Gasteiger partial charge is 0.491 e. The third-order valence-electron chi connectivity index (χ3n) is 3.96. The molecule has 2 N–H and O–H groups in total. The molecule has 28 heavy (non-hydrogen) atoms. The highest BCUT2D eigenvalue weighted by Gasteiger charge is 2.04. The number of aromatic nitrogens is 2. The number of anilines is 3. The van der Waals surface area contributed by atoms with Gasteiger partial charge >= 0.3 is 0 Å². The molecule has 0 fully saturated rings. The Kier molecular flexibility index (Phi) is 6.71. The van der Waals surface area contributed by atoms with Gasteiger partial charge in [0.05, 0.1) is 6.10 Å². The monoisotopic (exact) mass is 396 g/mol. The molecule has 0 radical (unpaired) electrons. The van der Waals surface area contributed by atoms with Crippen molar-refractivity contribution in [1.29, 1.82) is 0 Å². The van der Waals surface area contributed by atoms with Gasteiger partial charge in [0.2, 0.25) is 5.95 Å². The van der Waals surface area contributed by atoms with Crippen LogP contribution in [0.2, 0.25) is 5.02 Å². The van der Waals surface area contributed by atoms with E-state index in [4.69, 9.17) is 16.3 Å². The Morgan fingerprint density at radius 3 is 2.39 bits per heavy atom. The van der Waals surface area contributed by atoms with Crippen molar-refractivity contribution < 1.29 is 4.74 Å². The van der Waals surface area contributed by atoms with Gasteiger partial charge in [-0.2, -0.15) is 4.98 Å². The first-order valence-electron chi connectivity index (χ1n) is 9.36. The van der Waals surface area contributed by atoms with Gasteiger partial charge in [0.15, 0.2) is 0 Å². The summed E-state index contributed by atoms with van der Waals surface area (Å²) in [6, 6.07) is 17.6. The van der Waals surface area contributed by atoms with Crippen molar-refractivity contribution in [2.24, 2.45) is 0 Å². The predicted molar refractivity (Wildman–Crippen MR) is 116 cm³/mol. The van der Waals surface area contributed by atoms with E-state index in [2.05, 4.69) is 20.6 Å². The van der Waals surface area contributed by atoms with E-state index in [0.29, 0.717) is 5.95 Å². The SMILES string of the molecule is Cc1cc(Nc2ccc(OC(C)C)cc2)nc(NCCc2ccc(Cl)cc2)n1. The molecule has 0 spiro atoms. The van der Waals surface area contributed by atoms with Crippen LogP contribution in [0.4, 0.5) is 17.5 Å². The molecular weight excluding hydrogens is 372 g/mol. The lowest BCUT2D eigenvalue weighted by molar-refractivity contribution is 0.242. The fourth-order valence-electron chi connectivity index (χ4n) is 2.72. The Bertz CT molecular complexity index is 895. The average molecular weight is 397 g/mol. The number of hydrogen-bond donors (Lipinski definition) is 2. The Morgan fingerprint density at radius 1 is 1.00 bits per heavy atom. The molecule has 5 nitrogen and oxygen atoms in total. The predicted octanol–water partition coefficient (Wildman–Crippen LogP) is 5.62. The number of hydrogen-bond acceptors (Lipinski definition) is 5. The van der Waals surface area contributed by atoms with Crippen molar-refractivity contribution in [2.45, 2.75) is 33.3 Å². The van der Waals surface area contributed by atoms with Gasteiger partial charge in [-0.3, -0.25) is 0 Å². The Labute approximate surface area is 171 Å². The first kappa shape index (κ1) is 20.0. The molecule has 6 heteroatoms. The van der Waals surface area contributed by atoms with Crippen molar-refractivity contribution >= 4 is 29.1 Å². The van der Waals surface area contributed by atoms with Crippen LogP contribution in [0.5, 0.6) is 5.75 Å². The molecule has 1 heterocycles. The third kappa shape index (κ3) is 6.13. The highest BCUT2D eigenvalue weighted by Crippen LogP contribution is 2.21. The zero-order valence-corrected chi connectivity index (χ0v) is 17.1. The van der Waals surface area contributed by atoms with Gasteiger partial charge < -0.3 is 15.4 Å². The van der Waals surface area contributed by atoms with Crippen molar-refractivity contribution in [3.05, 3.63) is 70.9 Å². The van der Waals surface area contributed by atoms with Gasteiger partial charge in [0.1, 0.15) is 11.6 Å². The van der Waals surface area contributed by atoms with Crippen LogP contribution in [0.15, 0.2) is 54.6 Å². The average Bonchev–Trinajstić information content (AvgIpc) is 2.64. The first-order valence-corrected chi connectivity index (χ1v) is 9.73. The summed E-state index contributed by atoms with van der Waals surface area (Å²) >= 11 is 5.92. The lowest BCUT2D eigenvalue weighted by atomic mass is 10.1. The molecule has 146 valence electrons. The van der Waals surface area contributed by atoms with E-state index in [1.807, 2.05) is 75.4 Å². The fraction of sp³-hybridized carbons (Fsp3) is 0.273. The normalized spacial score (nSPS) is 10.8. The number of rotatable bonds is 8. The van der Waals surface area contributed by atoms with Gasteiger partial charge in [-0.15, -0.1) is 0 Å². The topological polar surface area (TPSA) is 59.1 Å². The maximum Gasteiger partial charge on any atom is 0.224 e. The summed E-state index contributed by atoms with van der Waals surface area (Å²) < 4.78 is 5.67. The van der Waals surface area contributed by atoms with Crippen LogP contribution < -0.4 is 15.4 Å². The number of halogens is 1. The molecule has 1 aromatic heterocycles. The van der Waals surface area contributed by atoms with Gasteiger partial charge in [0, 0.05) is 29.0 Å². The van der Waals surface area contributed by atoms with Gasteiger partial charge in [-0.1, -0.05) is 23.7 Å². The minimum absolute atomic E-state index is 0.157. The first-order chi connectivity index (χ1) is 13.5. The van der Waals surface area contributed by atoms with Crippen LogP contribution in [0.25, 0.3) is 0 Å². The summed E-state index contributed by atoms with van der Waals surface area (Å²) in [4.78, 5) is 9.02. The second-order valence-corrected chi connectivity index (χ2v) is 7.27. The molecule has 0 aliphatic rings. The van der Waals surface area contributed by atoms with E-state index in [-0.39, 0.29) is 6.10 Å². The lowest BCUT2D eigenvalue weighted by Gasteiger charge is -2.12. The van der Waals surface area contributed by atoms with E-state index < -0.39 is 0 Å². The van der Waals surface area contributed by atoms with E-state index in [9.17, 15) is 0 Å². The van der Waals surface area contributed by atoms with Crippen molar-refractivity contribution in [3.8, 4) is 5.75 Å². The molecule has 0 saturated heterocycles. The molecule has 0 bridgehead atoms. The summed E-state index contributed by atoms with van der Waals surface area (Å²) in [6.45, 7) is 6.72. The summed E-state index contributed by atoms with van der Waals surface area (Å²) in [6.07, 6.45) is 1.03. The zero-order chi connectivity index (χ0) is 19.9. The maximum absolute atomic E-state index is 5.92. The van der Waals surface area contributed by atoms with E-state index >= 15 is 0 Å². The summed E-state index contributed by atoms with van der Waals surface area (Å²) in [7, 11) is 0. The van der Waals surface area contributed by atoms with E-state index in [0.717, 1.165) is 40.9 Å². The Balaban J connectivity index is 1.60. The minimum Gasteiger partial charge on any atom is -0.491 e. The van der Waals surface area contributed by atoms with E-state index in [1.165, 1.54) is 5.56 Å². The zero-order valence-electron chi connectivity index (χ0n) is 16.4. The third-order valence-corrected chi connectivity index (χ3v) is 4.21. The molecular formula is C22H25ClN4O.